The molecular weight excluding hydrogens is 342 g/mol. The third-order valence-electron chi connectivity index (χ3n) is 3.98. The van der Waals surface area contributed by atoms with Gasteiger partial charge in [-0.2, -0.15) is 0 Å². The van der Waals surface area contributed by atoms with Crippen LogP contribution in [0.2, 0.25) is 0 Å². The lowest BCUT2D eigenvalue weighted by molar-refractivity contribution is -0.125. The third kappa shape index (κ3) is 5.30. The van der Waals surface area contributed by atoms with Crippen LogP contribution >= 0.6 is 11.3 Å². The predicted molar refractivity (Wildman–Crippen MR) is 92.0 cm³/mol. The number of carbonyl (C=O) groups excluding carboxylic acids is 2. The topological polar surface area (TPSA) is 106 Å². The molecule has 0 spiro atoms. The molecule has 3 rings (SSSR count). The molecule has 1 saturated heterocycles. The molecule has 3 heterocycles. The quantitative estimate of drug-likeness (QED) is 0.763. The molecule has 2 aromatic heterocycles. The second kappa shape index (κ2) is 8.63. The lowest BCUT2D eigenvalue weighted by atomic mass is 9.95. The minimum absolute atomic E-state index is 0.0353. The molecule has 132 valence electrons. The van der Waals surface area contributed by atoms with E-state index >= 15 is 0 Å². The van der Waals surface area contributed by atoms with Crippen molar-refractivity contribution in [3.05, 3.63) is 35.6 Å². The van der Waals surface area contributed by atoms with Gasteiger partial charge in [-0.25, -0.2) is 0 Å². The number of pyridine rings is 1. The zero-order valence-corrected chi connectivity index (χ0v) is 14.4. The Morgan fingerprint density at radius 1 is 1.20 bits per heavy atom. The van der Waals surface area contributed by atoms with Gasteiger partial charge in [-0.1, -0.05) is 11.3 Å². The molecule has 0 unspecified atom stereocenters. The van der Waals surface area contributed by atoms with Gasteiger partial charge in [0.2, 0.25) is 16.9 Å². The Bertz CT molecular complexity index is 695. The van der Waals surface area contributed by atoms with Gasteiger partial charge >= 0.3 is 0 Å². The number of aromatic nitrogens is 3. The van der Waals surface area contributed by atoms with Gasteiger partial charge < -0.3 is 15.4 Å². The van der Waals surface area contributed by atoms with Gasteiger partial charge in [0.25, 0.3) is 0 Å². The van der Waals surface area contributed by atoms with Crippen LogP contribution in [0.5, 0.6) is 0 Å². The average molecular weight is 361 g/mol. The predicted octanol–water partition coefficient (Wildman–Crippen LogP) is 1.03. The van der Waals surface area contributed by atoms with Crippen LogP contribution in [0.15, 0.2) is 30.0 Å². The lowest BCUT2D eigenvalue weighted by Gasteiger charge is -2.19. The second-order valence-corrected chi connectivity index (χ2v) is 6.66. The van der Waals surface area contributed by atoms with Crippen LogP contribution in [0, 0.1) is 5.92 Å². The normalized spacial score (nSPS) is 19.5. The maximum absolute atomic E-state index is 12.1. The number of nitrogens with one attached hydrogen (secondary N) is 2. The SMILES string of the molecule is O=C(CCC(=O)N[C@@H]1COC[C@H]1Cc1ccncc1)Nc1nncs1. The summed E-state index contributed by atoms with van der Waals surface area (Å²) in [5.74, 6) is -0.174. The first kappa shape index (κ1) is 17.4. The number of anilines is 1. The summed E-state index contributed by atoms with van der Waals surface area (Å²) in [6, 6.07) is 3.90. The Hall–Kier alpha value is -2.39. The van der Waals surface area contributed by atoms with E-state index in [1.165, 1.54) is 22.4 Å². The van der Waals surface area contributed by atoms with Crippen LogP contribution in [-0.2, 0) is 20.7 Å². The maximum Gasteiger partial charge on any atom is 0.226 e. The highest BCUT2D eigenvalue weighted by atomic mass is 32.1. The van der Waals surface area contributed by atoms with Gasteiger partial charge in [0.1, 0.15) is 5.51 Å². The van der Waals surface area contributed by atoms with Crippen molar-refractivity contribution in [3.63, 3.8) is 0 Å². The minimum Gasteiger partial charge on any atom is -0.379 e. The van der Waals surface area contributed by atoms with E-state index in [4.69, 9.17) is 4.74 Å². The summed E-state index contributed by atoms with van der Waals surface area (Å²) in [7, 11) is 0. The Morgan fingerprint density at radius 2 is 2.00 bits per heavy atom. The van der Waals surface area contributed by atoms with Crippen molar-refractivity contribution in [2.24, 2.45) is 5.92 Å². The molecule has 1 aliphatic rings. The van der Waals surface area contributed by atoms with Gasteiger partial charge in [0.15, 0.2) is 0 Å². The molecule has 1 fully saturated rings. The van der Waals surface area contributed by atoms with Crippen LogP contribution in [0.25, 0.3) is 0 Å². The maximum atomic E-state index is 12.1. The number of nitrogens with zero attached hydrogens (tertiary/aromatic N) is 3. The highest BCUT2D eigenvalue weighted by Crippen LogP contribution is 2.19. The van der Waals surface area contributed by atoms with E-state index in [0.717, 1.165) is 6.42 Å². The molecule has 2 atom stereocenters. The fourth-order valence-electron chi connectivity index (χ4n) is 2.70. The molecule has 0 aliphatic carbocycles. The van der Waals surface area contributed by atoms with Crippen LogP contribution in [-0.4, -0.2) is 46.3 Å². The first-order valence-corrected chi connectivity index (χ1v) is 8.90. The molecule has 9 heteroatoms. The highest BCUT2D eigenvalue weighted by Gasteiger charge is 2.29. The standard InChI is InChI=1S/C16H19N5O3S/c22-14(1-2-15(23)20-16-21-18-10-25-16)19-13-9-24-8-12(13)7-11-3-5-17-6-4-11/h3-6,10,12-13H,1-2,7-9H2,(H,19,22)(H,20,21,23)/t12-,13-/m1/s1. The van der Waals surface area contributed by atoms with E-state index < -0.39 is 0 Å². The van der Waals surface area contributed by atoms with Crippen LogP contribution in [0.1, 0.15) is 18.4 Å². The van der Waals surface area contributed by atoms with Crippen molar-refractivity contribution < 1.29 is 14.3 Å². The van der Waals surface area contributed by atoms with Crippen LogP contribution in [0.3, 0.4) is 0 Å². The van der Waals surface area contributed by atoms with Gasteiger partial charge in [-0.15, -0.1) is 10.2 Å². The van der Waals surface area contributed by atoms with Crippen molar-refractivity contribution in [3.8, 4) is 0 Å². The first-order chi connectivity index (χ1) is 12.2. The molecule has 2 N–H and O–H groups in total. The monoisotopic (exact) mass is 361 g/mol. The van der Waals surface area contributed by atoms with Gasteiger partial charge in [0, 0.05) is 31.2 Å². The van der Waals surface area contributed by atoms with Crippen LogP contribution < -0.4 is 10.6 Å². The van der Waals surface area contributed by atoms with Crippen LogP contribution in [0.4, 0.5) is 5.13 Å². The van der Waals surface area contributed by atoms with E-state index in [2.05, 4.69) is 25.8 Å². The third-order valence-corrected chi connectivity index (χ3v) is 4.58. The number of ether oxygens (including phenoxy) is 1. The summed E-state index contributed by atoms with van der Waals surface area (Å²) in [6.07, 6.45) is 4.58. The van der Waals surface area contributed by atoms with E-state index in [0.29, 0.717) is 18.3 Å². The molecule has 2 aromatic rings. The smallest absolute Gasteiger partial charge is 0.226 e. The van der Waals surface area contributed by atoms with Crippen molar-refractivity contribution in [1.29, 1.82) is 0 Å². The van der Waals surface area contributed by atoms with Crippen molar-refractivity contribution >= 4 is 28.3 Å². The molecule has 2 amide bonds. The Morgan fingerprint density at radius 3 is 2.76 bits per heavy atom. The molecule has 0 bridgehead atoms. The van der Waals surface area contributed by atoms with E-state index in [1.807, 2.05) is 12.1 Å². The van der Waals surface area contributed by atoms with E-state index in [-0.39, 0.29) is 36.6 Å². The zero-order valence-electron chi connectivity index (χ0n) is 13.6. The molecule has 1 aliphatic heterocycles. The molecular formula is C16H19N5O3S. The Kier molecular flexibility index (Phi) is 6.02. The van der Waals surface area contributed by atoms with Crippen molar-refractivity contribution in [1.82, 2.24) is 20.5 Å². The number of carbonyl (C=O) groups is 2. The Labute approximate surface area is 149 Å². The summed E-state index contributed by atoms with van der Waals surface area (Å²) in [5, 5.41) is 13.4. The van der Waals surface area contributed by atoms with Gasteiger partial charge in [-0.05, 0) is 24.1 Å². The molecule has 25 heavy (non-hydrogen) atoms. The van der Waals surface area contributed by atoms with E-state index in [9.17, 15) is 9.59 Å². The number of hydrogen-bond donors (Lipinski definition) is 2. The largest absolute Gasteiger partial charge is 0.379 e. The number of amides is 2. The average Bonchev–Trinajstić information content (AvgIpc) is 3.27. The molecule has 0 radical (unpaired) electrons. The molecule has 0 saturated carbocycles. The second-order valence-electron chi connectivity index (χ2n) is 5.82. The molecule has 0 aromatic carbocycles. The number of hydrogen-bond acceptors (Lipinski definition) is 7. The lowest BCUT2D eigenvalue weighted by Crippen LogP contribution is -2.40. The molecule has 8 nitrogen and oxygen atoms in total. The summed E-state index contributed by atoms with van der Waals surface area (Å²) in [4.78, 5) is 27.9. The summed E-state index contributed by atoms with van der Waals surface area (Å²) in [5.41, 5.74) is 2.70. The van der Waals surface area contributed by atoms with Gasteiger partial charge in [-0.3, -0.25) is 14.6 Å². The summed E-state index contributed by atoms with van der Waals surface area (Å²) < 4.78 is 5.52. The summed E-state index contributed by atoms with van der Waals surface area (Å²) in [6.45, 7) is 1.11. The Balaban J connectivity index is 1.42. The minimum atomic E-state index is -0.247. The summed E-state index contributed by atoms with van der Waals surface area (Å²) >= 11 is 1.24. The van der Waals surface area contributed by atoms with Gasteiger partial charge in [0.05, 0.1) is 19.3 Å². The fraction of sp³-hybridized carbons (Fsp3) is 0.438. The fourth-order valence-corrected chi connectivity index (χ4v) is 3.16. The van der Waals surface area contributed by atoms with E-state index in [1.54, 1.807) is 12.4 Å². The highest BCUT2D eigenvalue weighted by molar-refractivity contribution is 7.13. The number of rotatable bonds is 7. The van der Waals surface area contributed by atoms with Crippen molar-refractivity contribution in [2.45, 2.75) is 25.3 Å². The zero-order chi connectivity index (χ0) is 17.5. The first-order valence-electron chi connectivity index (χ1n) is 8.03. The van der Waals surface area contributed by atoms with Crippen molar-refractivity contribution in [2.75, 3.05) is 18.5 Å².